The second-order valence-electron chi connectivity index (χ2n) is 5.21. The number of imidazole rings is 1. The number of aromatic amines is 1. The molecule has 1 aromatic carbocycles. The van der Waals surface area contributed by atoms with Gasteiger partial charge in [-0.3, -0.25) is 0 Å². The lowest BCUT2D eigenvalue weighted by atomic mass is 10.2. The van der Waals surface area contributed by atoms with Crippen LogP contribution < -0.4 is 10.2 Å². The molecule has 1 aliphatic rings. The number of rotatable bonds is 2. The van der Waals surface area contributed by atoms with Crippen molar-refractivity contribution >= 4 is 16.9 Å². The van der Waals surface area contributed by atoms with Gasteiger partial charge in [-0.2, -0.15) is 0 Å². The zero-order valence-electron chi connectivity index (χ0n) is 11.7. The van der Waals surface area contributed by atoms with E-state index in [0.29, 0.717) is 0 Å². The largest absolute Gasteiger partial charge is 0.353 e. The van der Waals surface area contributed by atoms with E-state index in [1.807, 2.05) is 36.5 Å². The Kier molecular flexibility index (Phi) is 3.05. The maximum absolute atomic E-state index is 4.70. The number of pyridine rings is 1. The summed E-state index contributed by atoms with van der Waals surface area (Å²) in [4.78, 5) is 15.0. The summed E-state index contributed by atoms with van der Waals surface area (Å²) in [6, 6.07) is 12.2. The predicted octanol–water partition coefficient (Wildman–Crippen LogP) is 2.03. The molecule has 1 aliphatic heterocycles. The van der Waals surface area contributed by atoms with Crippen LogP contribution in [0.5, 0.6) is 0 Å². The first-order valence-electron chi connectivity index (χ1n) is 7.27. The van der Waals surface area contributed by atoms with Crippen LogP contribution in [0.15, 0.2) is 42.6 Å². The van der Waals surface area contributed by atoms with Gasteiger partial charge in [0.15, 0.2) is 0 Å². The average Bonchev–Trinajstić information content (AvgIpc) is 2.99. The van der Waals surface area contributed by atoms with Gasteiger partial charge in [-0.15, -0.1) is 0 Å². The molecule has 4 rings (SSSR count). The van der Waals surface area contributed by atoms with Gasteiger partial charge in [-0.05, 0) is 24.3 Å². The number of fused-ring (bicyclic) bond motifs is 1. The standard InChI is InChI=1S/C16H17N5/c1-2-6-14-13(5-1)19-15(20-14)12-4-3-7-18-16(12)21-10-8-17-9-11-21/h1-7,17H,8-11H2,(H,19,20). The molecule has 5 heteroatoms. The Hall–Kier alpha value is -2.40. The van der Waals surface area contributed by atoms with Gasteiger partial charge in [-0.25, -0.2) is 9.97 Å². The van der Waals surface area contributed by atoms with Gasteiger partial charge in [0.1, 0.15) is 11.6 Å². The van der Waals surface area contributed by atoms with Crippen molar-refractivity contribution in [3.05, 3.63) is 42.6 Å². The van der Waals surface area contributed by atoms with E-state index in [0.717, 1.165) is 54.4 Å². The minimum atomic E-state index is 0.887. The molecular weight excluding hydrogens is 262 g/mol. The number of hydrogen-bond acceptors (Lipinski definition) is 4. The van der Waals surface area contributed by atoms with Gasteiger partial charge in [0, 0.05) is 32.4 Å². The van der Waals surface area contributed by atoms with Crippen LogP contribution in [-0.4, -0.2) is 41.1 Å². The summed E-state index contributed by atoms with van der Waals surface area (Å²) in [7, 11) is 0. The molecule has 0 saturated carbocycles. The van der Waals surface area contributed by atoms with Crippen LogP contribution >= 0.6 is 0 Å². The molecule has 0 amide bonds. The Bertz CT molecular complexity index is 725. The van der Waals surface area contributed by atoms with E-state index in [4.69, 9.17) is 4.98 Å². The van der Waals surface area contributed by atoms with Crippen molar-refractivity contribution in [3.63, 3.8) is 0 Å². The lowest BCUT2D eigenvalue weighted by Crippen LogP contribution is -2.44. The van der Waals surface area contributed by atoms with Crippen LogP contribution in [0.4, 0.5) is 5.82 Å². The summed E-state index contributed by atoms with van der Waals surface area (Å²) in [5.74, 6) is 1.90. The van der Waals surface area contributed by atoms with Gasteiger partial charge in [0.25, 0.3) is 0 Å². The quantitative estimate of drug-likeness (QED) is 0.753. The molecule has 0 radical (unpaired) electrons. The average molecular weight is 279 g/mol. The molecule has 0 aliphatic carbocycles. The molecule has 0 atom stereocenters. The topological polar surface area (TPSA) is 56.8 Å². The molecule has 21 heavy (non-hydrogen) atoms. The summed E-state index contributed by atoms with van der Waals surface area (Å²) in [5, 5.41) is 3.37. The summed E-state index contributed by atoms with van der Waals surface area (Å²) in [6.45, 7) is 3.95. The zero-order chi connectivity index (χ0) is 14.1. The highest BCUT2D eigenvalue weighted by Crippen LogP contribution is 2.28. The van der Waals surface area contributed by atoms with Crippen LogP contribution in [-0.2, 0) is 0 Å². The molecular formula is C16H17N5. The molecule has 3 aromatic rings. The molecule has 0 unspecified atom stereocenters. The highest BCUT2D eigenvalue weighted by atomic mass is 15.2. The van der Waals surface area contributed by atoms with Gasteiger partial charge in [0.05, 0.1) is 16.6 Å². The number of anilines is 1. The zero-order valence-corrected chi connectivity index (χ0v) is 11.7. The number of hydrogen-bond donors (Lipinski definition) is 2. The fraction of sp³-hybridized carbons (Fsp3) is 0.250. The smallest absolute Gasteiger partial charge is 0.142 e. The summed E-state index contributed by atoms with van der Waals surface area (Å²) in [6.07, 6.45) is 1.85. The second kappa shape index (κ2) is 5.18. The SMILES string of the molecule is c1cnc(N2CCNCC2)c(-c2nc3ccccc3[nH]2)c1. The Morgan fingerprint density at radius 3 is 2.71 bits per heavy atom. The van der Waals surface area contributed by atoms with Crippen LogP contribution in [0.2, 0.25) is 0 Å². The van der Waals surface area contributed by atoms with E-state index in [-0.39, 0.29) is 0 Å². The maximum Gasteiger partial charge on any atom is 0.142 e. The van der Waals surface area contributed by atoms with Crippen LogP contribution in [0.1, 0.15) is 0 Å². The molecule has 0 spiro atoms. The number of benzene rings is 1. The number of piperazine rings is 1. The molecule has 0 bridgehead atoms. The number of nitrogens with one attached hydrogen (secondary N) is 2. The van der Waals surface area contributed by atoms with Crippen LogP contribution in [0, 0.1) is 0 Å². The second-order valence-corrected chi connectivity index (χ2v) is 5.21. The van der Waals surface area contributed by atoms with Gasteiger partial charge in [-0.1, -0.05) is 12.1 Å². The molecule has 106 valence electrons. The molecule has 2 aromatic heterocycles. The highest BCUT2D eigenvalue weighted by Gasteiger charge is 2.17. The van der Waals surface area contributed by atoms with E-state index < -0.39 is 0 Å². The lowest BCUT2D eigenvalue weighted by molar-refractivity contribution is 0.585. The van der Waals surface area contributed by atoms with Gasteiger partial charge < -0.3 is 15.2 Å². The minimum Gasteiger partial charge on any atom is -0.353 e. The van der Waals surface area contributed by atoms with Gasteiger partial charge >= 0.3 is 0 Å². The van der Waals surface area contributed by atoms with Crippen molar-refractivity contribution in [1.82, 2.24) is 20.3 Å². The molecule has 2 N–H and O–H groups in total. The van der Waals surface area contributed by atoms with Crippen LogP contribution in [0.3, 0.4) is 0 Å². The first kappa shape index (κ1) is 12.3. The van der Waals surface area contributed by atoms with Crippen molar-refractivity contribution in [1.29, 1.82) is 0 Å². The molecule has 5 nitrogen and oxygen atoms in total. The molecule has 3 heterocycles. The monoisotopic (exact) mass is 279 g/mol. The summed E-state index contributed by atoms with van der Waals surface area (Å²) < 4.78 is 0. The van der Waals surface area contributed by atoms with E-state index in [9.17, 15) is 0 Å². The van der Waals surface area contributed by atoms with Crippen molar-refractivity contribution < 1.29 is 0 Å². The van der Waals surface area contributed by atoms with Crippen LogP contribution in [0.25, 0.3) is 22.4 Å². The number of para-hydroxylation sites is 2. The normalized spacial score (nSPS) is 15.5. The predicted molar refractivity (Wildman–Crippen MR) is 84.4 cm³/mol. The van der Waals surface area contributed by atoms with E-state index in [1.165, 1.54) is 0 Å². The van der Waals surface area contributed by atoms with Crippen molar-refractivity contribution in [2.75, 3.05) is 31.1 Å². The maximum atomic E-state index is 4.70. The van der Waals surface area contributed by atoms with E-state index in [1.54, 1.807) is 0 Å². The third kappa shape index (κ3) is 2.25. The summed E-state index contributed by atoms with van der Waals surface area (Å²) >= 11 is 0. The Morgan fingerprint density at radius 1 is 1.00 bits per heavy atom. The number of nitrogens with zero attached hydrogens (tertiary/aromatic N) is 3. The molecule has 1 saturated heterocycles. The highest BCUT2D eigenvalue weighted by molar-refractivity contribution is 5.82. The Balaban J connectivity index is 1.80. The fourth-order valence-electron chi connectivity index (χ4n) is 2.79. The summed E-state index contributed by atoms with van der Waals surface area (Å²) in [5.41, 5.74) is 3.11. The third-order valence-electron chi connectivity index (χ3n) is 3.85. The minimum absolute atomic E-state index is 0.887. The number of aromatic nitrogens is 3. The first-order chi connectivity index (χ1) is 10.4. The number of H-pyrrole nitrogens is 1. The van der Waals surface area contributed by atoms with Crippen molar-refractivity contribution in [2.45, 2.75) is 0 Å². The Morgan fingerprint density at radius 2 is 1.86 bits per heavy atom. The van der Waals surface area contributed by atoms with E-state index >= 15 is 0 Å². The Labute approximate surface area is 123 Å². The van der Waals surface area contributed by atoms with Crippen molar-refractivity contribution in [3.8, 4) is 11.4 Å². The third-order valence-corrected chi connectivity index (χ3v) is 3.85. The lowest BCUT2D eigenvalue weighted by Gasteiger charge is -2.29. The van der Waals surface area contributed by atoms with Gasteiger partial charge in [0.2, 0.25) is 0 Å². The van der Waals surface area contributed by atoms with E-state index in [2.05, 4.69) is 26.3 Å². The first-order valence-corrected chi connectivity index (χ1v) is 7.27. The van der Waals surface area contributed by atoms with Crippen molar-refractivity contribution in [2.24, 2.45) is 0 Å². The molecule has 1 fully saturated rings. The fourth-order valence-corrected chi connectivity index (χ4v) is 2.79.